The number of unbranched alkanes of at least 4 members (excludes halogenated alkanes) is 6. The topological polar surface area (TPSA) is 23.8 Å². The second kappa shape index (κ2) is 11.2. The largest absolute Gasteiger partial charge is 0.192 e. The number of rotatable bonds is 11. The van der Waals surface area contributed by atoms with Gasteiger partial charge in [-0.25, -0.2) is 0 Å². The van der Waals surface area contributed by atoms with E-state index in [4.69, 9.17) is 0 Å². The van der Waals surface area contributed by atoms with Crippen LogP contribution in [0.1, 0.15) is 81.9 Å². The summed E-state index contributed by atoms with van der Waals surface area (Å²) in [6.07, 6.45) is 12.3. The third kappa shape index (κ3) is 5.67. The summed E-state index contributed by atoms with van der Waals surface area (Å²) in [5, 5.41) is 13.8. The van der Waals surface area contributed by atoms with Crippen molar-refractivity contribution < 1.29 is 0 Å². The van der Waals surface area contributed by atoms with E-state index in [2.05, 4.69) is 41.2 Å². The van der Waals surface area contributed by atoms with E-state index in [0.717, 1.165) is 18.4 Å². The van der Waals surface area contributed by atoms with Gasteiger partial charge in [0.1, 0.15) is 6.07 Å². The van der Waals surface area contributed by atoms with Crippen LogP contribution >= 0.6 is 38.6 Å². The summed E-state index contributed by atoms with van der Waals surface area (Å²) in [5.41, 5.74) is 3.57. The first kappa shape index (κ1) is 20.7. The van der Waals surface area contributed by atoms with Gasteiger partial charge < -0.3 is 0 Å². The summed E-state index contributed by atoms with van der Waals surface area (Å²) in [4.78, 5) is 2.63. The van der Waals surface area contributed by atoms with Crippen molar-refractivity contribution in [2.75, 3.05) is 0 Å². The molecule has 0 bridgehead atoms. The van der Waals surface area contributed by atoms with Gasteiger partial charge >= 0.3 is 0 Å². The third-order valence-electron chi connectivity index (χ3n) is 4.60. The van der Waals surface area contributed by atoms with Crippen LogP contribution in [0.15, 0.2) is 15.2 Å². The number of nitriles is 1. The molecule has 2 aromatic rings. The number of nitrogens with zero attached hydrogens (tertiary/aromatic N) is 1. The van der Waals surface area contributed by atoms with Crippen molar-refractivity contribution in [2.24, 2.45) is 0 Å². The molecule has 0 saturated carbocycles. The molecule has 0 radical (unpaired) electrons. The molecular weight excluding hydrogens is 410 g/mol. The van der Waals surface area contributed by atoms with Crippen LogP contribution < -0.4 is 0 Å². The van der Waals surface area contributed by atoms with Gasteiger partial charge in [0.05, 0.1) is 10.4 Å². The highest BCUT2D eigenvalue weighted by atomic mass is 79.9. The van der Waals surface area contributed by atoms with Crippen LogP contribution in [0.4, 0.5) is 0 Å². The van der Waals surface area contributed by atoms with Gasteiger partial charge in [-0.3, -0.25) is 0 Å². The fourth-order valence-electron chi connectivity index (χ4n) is 3.09. The molecule has 0 unspecified atom stereocenters. The van der Waals surface area contributed by atoms with E-state index in [1.54, 1.807) is 11.3 Å². The maximum absolute atomic E-state index is 9.47. The Morgan fingerprint density at radius 3 is 2.16 bits per heavy atom. The Hall–Kier alpha value is -0.630. The van der Waals surface area contributed by atoms with E-state index < -0.39 is 0 Å². The molecule has 136 valence electrons. The second-order valence-corrected chi connectivity index (χ2v) is 9.15. The van der Waals surface area contributed by atoms with Crippen molar-refractivity contribution in [1.82, 2.24) is 0 Å². The zero-order valence-electron chi connectivity index (χ0n) is 15.4. The lowest BCUT2D eigenvalue weighted by atomic mass is 10.0. The van der Waals surface area contributed by atoms with E-state index in [-0.39, 0.29) is 0 Å². The van der Waals surface area contributed by atoms with E-state index in [1.165, 1.54) is 76.7 Å². The summed E-state index contributed by atoms with van der Waals surface area (Å²) in [5.74, 6) is 0. The summed E-state index contributed by atoms with van der Waals surface area (Å²) in [6, 6.07) is 2.40. The minimum Gasteiger partial charge on any atom is -0.192 e. The van der Waals surface area contributed by atoms with E-state index in [0.29, 0.717) is 0 Å². The first-order valence-corrected chi connectivity index (χ1v) is 12.0. The van der Waals surface area contributed by atoms with Gasteiger partial charge in [0.25, 0.3) is 0 Å². The first-order valence-electron chi connectivity index (χ1n) is 9.49. The van der Waals surface area contributed by atoms with Crippen molar-refractivity contribution in [2.45, 2.75) is 78.1 Å². The lowest BCUT2D eigenvalue weighted by Gasteiger charge is -2.05. The SMILES string of the molecule is CCCCCCc1csc(-c2scc(C#N)c2CCCCCC)c1Br. The molecule has 0 amide bonds. The summed E-state index contributed by atoms with van der Waals surface area (Å²) < 4.78 is 1.26. The zero-order chi connectivity index (χ0) is 18.1. The Morgan fingerprint density at radius 2 is 1.52 bits per heavy atom. The lowest BCUT2D eigenvalue weighted by Crippen LogP contribution is -1.90. The van der Waals surface area contributed by atoms with E-state index >= 15 is 0 Å². The van der Waals surface area contributed by atoms with Crippen molar-refractivity contribution in [3.63, 3.8) is 0 Å². The molecule has 0 fully saturated rings. The van der Waals surface area contributed by atoms with Crippen molar-refractivity contribution >= 4 is 38.6 Å². The maximum Gasteiger partial charge on any atom is 0.100 e. The van der Waals surface area contributed by atoms with Gasteiger partial charge in [-0.15, -0.1) is 22.7 Å². The molecular formula is C21H28BrNS2. The van der Waals surface area contributed by atoms with Crippen molar-refractivity contribution in [3.8, 4) is 15.8 Å². The molecule has 0 atom stereocenters. The van der Waals surface area contributed by atoms with Gasteiger partial charge in [-0.2, -0.15) is 5.26 Å². The average Bonchev–Trinajstić information content (AvgIpc) is 3.19. The number of aryl methyl sites for hydroxylation is 1. The molecule has 0 spiro atoms. The zero-order valence-corrected chi connectivity index (χ0v) is 18.6. The molecule has 4 heteroatoms. The molecule has 0 saturated heterocycles. The Morgan fingerprint density at radius 1 is 0.880 bits per heavy atom. The lowest BCUT2D eigenvalue weighted by molar-refractivity contribution is 0.666. The number of halogens is 1. The third-order valence-corrected chi connectivity index (χ3v) is 7.98. The van der Waals surface area contributed by atoms with Crippen LogP contribution in [-0.4, -0.2) is 0 Å². The number of hydrogen-bond acceptors (Lipinski definition) is 3. The predicted molar refractivity (Wildman–Crippen MR) is 116 cm³/mol. The highest BCUT2D eigenvalue weighted by Gasteiger charge is 2.18. The Bertz CT molecular complexity index is 693. The molecule has 0 aliphatic carbocycles. The maximum atomic E-state index is 9.47. The highest BCUT2D eigenvalue weighted by Crippen LogP contribution is 2.43. The highest BCUT2D eigenvalue weighted by molar-refractivity contribution is 9.10. The Kier molecular flexibility index (Phi) is 9.23. The summed E-state index contributed by atoms with van der Waals surface area (Å²) in [6.45, 7) is 4.49. The summed E-state index contributed by atoms with van der Waals surface area (Å²) >= 11 is 7.41. The van der Waals surface area contributed by atoms with Crippen LogP contribution in [0.5, 0.6) is 0 Å². The van der Waals surface area contributed by atoms with Gasteiger partial charge in [0.2, 0.25) is 0 Å². The van der Waals surface area contributed by atoms with Crippen LogP contribution in [-0.2, 0) is 12.8 Å². The number of thiophene rings is 2. The van der Waals surface area contributed by atoms with E-state index in [9.17, 15) is 5.26 Å². The van der Waals surface area contributed by atoms with Crippen LogP contribution in [0.2, 0.25) is 0 Å². The van der Waals surface area contributed by atoms with Crippen LogP contribution in [0, 0.1) is 11.3 Å². The van der Waals surface area contributed by atoms with Gasteiger partial charge in [0.15, 0.2) is 0 Å². The first-order chi connectivity index (χ1) is 12.2. The quantitative estimate of drug-likeness (QED) is 0.323. The molecule has 2 aromatic heterocycles. The Labute approximate surface area is 169 Å². The van der Waals surface area contributed by atoms with Crippen molar-refractivity contribution in [3.05, 3.63) is 31.9 Å². The fraction of sp³-hybridized carbons (Fsp3) is 0.571. The van der Waals surface area contributed by atoms with E-state index in [1.807, 2.05) is 16.7 Å². The smallest absolute Gasteiger partial charge is 0.100 e. The molecule has 2 heterocycles. The number of hydrogen-bond donors (Lipinski definition) is 0. The van der Waals surface area contributed by atoms with Crippen molar-refractivity contribution in [1.29, 1.82) is 5.26 Å². The minimum atomic E-state index is 0.876. The predicted octanol–water partition coefficient (Wildman–Crippen LogP) is 8.36. The van der Waals surface area contributed by atoms with Crippen LogP contribution in [0.25, 0.3) is 9.75 Å². The van der Waals surface area contributed by atoms with Gasteiger partial charge in [-0.1, -0.05) is 52.4 Å². The second-order valence-electron chi connectivity index (χ2n) is 6.59. The standard InChI is InChI=1S/C21H28BrNS2/c1-3-5-7-9-11-16-14-25-21(19(16)22)20-18(12-10-8-6-4-2)17(13-23)15-24-20/h14-15H,3-12H2,1-2H3. The monoisotopic (exact) mass is 437 g/mol. The molecule has 0 N–H and O–H groups in total. The minimum absolute atomic E-state index is 0.876. The molecule has 25 heavy (non-hydrogen) atoms. The van der Waals surface area contributed by atoms with Gasteiger partial charge in [-0.05, 0) is 58.1 Å². The molecule has 0 aliphatic heterocycles. The van der Waals surface area contributed by atoms with Gasteiger partial charge in [0, 0.05) is 14.7 Å². The average molecular weight is 439 g/mol. The molecule has 1 nitrogen and oxygen atoms in total. The fourth-order valence-corrected chi connectivity index (χ4v) is 6.40. The Balaban J connectivity index is 2.14. The van der Waals surface area contributed by atoms with Crippen LogP contribution in [0.3, 0.4) is 0 Å². The normalized spacial score (nSPS) is 11.0. The molecule has 0 aliphatic rings. The molecule has 2 rings (SSSR count). The molecule has 0 aromatic carbocycles. The summed E-state index contributed by atoms with van der Waals surface area (Å²) in [7, 11) is 0.